The van der Waals surface area contributed by atoms with Gasteiger partial charge in [-0.05, 0) is 32.1 Å². The van der Waals surface area contributed by atoms with Gasteiger partial charge in [0.25, 0.3) is 0 Å². The fraction of sp³-hybridized carbons (Fsp3) is 0.913. The van der Waals surface area contributed by atoms with E-state index in [-0.39, 0.29) is 11.9 Å². The summed E-state index contributed by atoms with van der Waals surface area (Å²) in [6.07, 6.45) is 20.1. The Bertz CT molecular complexity index is 315. The van der Waals surface area contributed by atoms with Crippen LogP contribution in [-0.4, -0.2) is 18.9 Å². The summed E-state index contributed by atoms with van der Waals surface area (Å²) >= 11 is 0. The maximum Gasteiger partial charge on any atom is 0.308 e. The second-order valence-corrected chi connectivity index (χ2v) is 7.64. The molecular weight excluding hydrogens is 324 g/mol. The molecule has 0 aromatic carbocycles. The maximum absolute atomic E-state index is 12.4. The van der Waals surface area contributed by atoms with Crippen LogP contribution in [0.15, 0.2) is 0 Å². The first-order chi connectivity index (χ1) is 12.8. The summed E-state index contributed by atoms with van der Waals surface area (Å²) in [6, 6.07) is 0. The van der Waals surface area contributed by atoms with Crippen LogP contribution in [-0.2, 0) is 14.3 Å². The van der Waals surface area contributed by atoms with Crippen molar-refractivity contribution in [2.75, 3.05) is 6.61 Å². The third-order valence-corrected chi connectivity index (χ3v) is 5.11. The fourth-order valence-corrected chi connectivity index (χ4v) is 3.34. The lowest BCUT2D eigenvalue weighted by atomic mass is 9.94. The van der Waals surface area contributed by atoms with Gasteiger partial charge in [0.2, 0.25) is 0 Å². The lowest BCUT2D eigenvalue weighted by Crippen LogP contribution is -2.18. The first-order valence-corrected chi connectivity index (χ1v) is 11.4. The number of ether oxygens (including phenoxy) is 1. The molecule has 0 heterocycles. The van der Waals surface area contributed by atoms with Gasteiger partial charge in [0.15, 0.2) is 0 Å². The molecule has 1 atom stereocenters. The van der Waals surface area contributed by atoms with Gasteiger partial charge in [0.1, 0.15) is 6.29 Å². The highest BCUT2D eigenvalue weighted by molar-refractivity contribution is 5.72. The molecule has 0 bridgehead atoms. The average Bonchev–Trinajstić information content (AvgIpc) is 2.65. The molecule has 1 unspecified atom stereocenters. The Labute approximate surface area is 162 Å². The van der Waals surface area contributed by atoms with E-state index < -0.39 is 0 Å². The van der Waals surface area contributed by atoms with Crippen molar-refractivity contribution in [3.05, 3.63) is 0 Å². The third-order valence-electron chi connectivity index (χ3n) is 5.11. The number of rotatable bonds is 20. The molecule has 0 saturated carbocycles. The minimum atomic E-state index is 0.0180. The molecule has 0 aliphatic heterocycles. The monoisotopic (exact) mass is 368 g/mol. The van der Waals surface area contributed by atoms with Crippen LogP contribution < -0.4 is 0 Å². The lowest BCUT2D eigenvalue weighted by molar-refractivity contribution is -0.149. The van der Waals surface area contributed by atoms with Gasteiger partial charge in [-0.1, -0.05) is 84.5 Å². The Kier molecular flexibility index (Phi) is 19.8. The van der Waals surface area contributed by atoms with Crippen LogP contribution >= 0.6 is 0 Å². The molecule has 0 radical (unpaired) electrons. The number of carbonyl (C=O) groups is 2. The SMILES string of the molecule is CCCCCCCCC(CCCCCCC)C(=O)OCCCCCC=O. The average molecular weight is 369 g/mol. The van der Waals surface area contributed by atoms with E-state index in [4.69, 9.17) is 4.74 Å². The van der Waals surface area contributed by atoms with Gasteiger partial charge >= 0.3 is 5.97 Å². The quantitative estimate of drug-likeness (QED) is 0.132. The number of unbranched alkanes of at least 4 members (excludes halogenated alkanes) is 12. The Morgan fingerprint density at radius 3 is 1.77 bits per heavy atom. The van der Waals surface area contributed by atoms with Crippen molar-refractivity contribution < 1.29 is 14.3 Å². The van der Waals surface area contributed by atoms with Crippen LogP contribution in [0.25, 0.3) is 0 Å². The number of esters is 1. The van der Waals surface area contributed by atoms with Gasteiger partial charge in [-0.25, -0.2) is 0 Å². The van der Waals surface area contributed by atoms with Crippen LogP contribution in [0.5, 0.6) is 0 Å². The highest BCUT2D eigenvalue weighted by Gasteiger charge is 2.19. The first kappa shape index (κ1) is 25.1. The van der Waals surface area contributed by atoms with Crippen molar-refractivity contribution in [2.45, 2.75) is 123 Å². The van der Waals surface area contributed by atoms with Crippen molar-refractivity contribution in [1.82, 2.24) is 0 Å². The standard InChI is InChI=1S/C23H44O3/c1-3-5-7-9-11-15-19-22(18-14-10-8-6-4-2)23(25)26-21-17-13-12-16-20-24/h20,22H,3-19,21H2,1-2H3. The van der Waals surface area contributed by atoms with E-state index in [0.29, 0.717) is 13.0 Å². The second-order valence-electron chi connectivity index (χ2n) is 7.64. The summed E-state index contributed by atoms with van der Waals surface area (Å²) in [5, 5.41) is 0. The number of aldehydes is 1. The molecule has 3 nitrogen and oxygen atoms in total. The van der Waals surface area contributed by atoms with E-state index >= 15 is 0 Å². The van der Waals surface area contributed by atoms with Crippen LogP contribution in [0.1, 0.15) is 123 Å². The highest BCUT2D eigenvalue weighted by Crippen LogP contribution is 2.20. The van der Waals surface area contributed by atoms with Crippen molar-refractivity contribution in [3.63, 3.8) is 0 Å². The van der Waals surface area contributed by atoms with Crippen LogP contribution in [0.2, 0.25) is 0 Å². The summed E-state index contributed by atoms with van der Waals surface area (Å²) in [7, 11) is 0. The van der Waals surface area contributed by atoms with E-state index in [1.54, 1.807) is 0 Å². The zero-order valence-electron chi connectivity index (χ0n) is 17.6. The Morgan fingerprint density at radius 2 is 1.23 bits per heavy atom. The molecule has 0 rings (SSSR count). The largest absolute Gasteiger partial charge is 0.465 e. The molecule has 3 heteroatoms. The highest BCUT2D eigenvalue weighted by atomic mass is 16.5. The number of carbonyl (C=O) groups excluding carboxylic acids is 2. The van der Waals surface area contributed by atoms with E-state index in [1.165, 1.54) is 57.8 Å². The third kappa shape index (κ3) is 16.6. The topological polar surface area (TPSA) is 43.4 Å². The van der Waals surface area contributed by atoms with Crippen molar-refractivity contribution >= 4 is 12.3 Å². The van der Waals surface area contributed by atoms with E-state index in [1.807, 2.05) is 0 Å². The van der Waals surface area contributed by atoms with Crippen molar-refractivity contribution in [1.29, 1.82) is 0 Å². The molecule has 0 amide bonds. The van der Waals surface area contributed by atoms with Gasteiger partial charge in [0, 0.05) is 6.42 Å². The van der Waals surface area contributed by atoms with E-state index in [9.17, 15) is 9.59 Å². The molecule has 0 aromatic rings. The predicted octanol–water partition coefficient (Wildman–Crippen LogP) is 7.02. The Hall–Kier alpha value is -0.860. The summed E-state index contributed by atoms with van der Waals surface area (Å²) in [5.74, 6) is 0.113. The second kappa shape index (κ2) is 20.5. The molecule has 0 spiro atoms. The van der Waals surface area contributed by atoms with E-state index in [0.717, 1.165) is 51.2 Å². The number of hydrogen-bond acceptors (Lipinski definition) is 3. The van der Waals surface area contributed by atoms with Gasteiger partial charge < -0.3 is 9.53 Å². The van der Waals surface area contributed by atoms with Crippen LogP contribution in [0.4, 0.5) is 0 Å². The van der Waals surface area contributed by atoms with Crippen LogP contribution in [0.3, 0.4) is 0 Å². The zero-order chi connectivity index (χ0) is 19.3. The summed E-state index contributed by atoms with van der Waals surface area (Å²) < 4.78 is 5.53. The predicted molar refractivity (Wildman–Crippen MR) is 110 cm³/mol. The summed E-state index contributed by atoms with van der Waals surface area (Å²) in [6.45, 7) is 4.98. The van der Waals surface area contributed by atoms with Crippen molar-refractivity contribution in [3.8, 4) is 0 Å². The molecule has 0 saturated heterocycles. The van der Waals surface area contributed by atoms with Crippen molar-refractivity contribution in [2.24, 2.45) is 5.92 Å². The summed E-state index contributed by atoms with van der Waals surface area (Å²) in [4.78, 5) is 22.7. The summed E-state index contributed by atoms with van der Waals surface area (Å²) in [5.41, 5.74) is 0. The first-order valence-electron chi connectivity index (χ1n) is 11.4. The minimum Gasteiger partial charge on any atom is -0.465 e. The smallest absolute Gasteiger partial charge is 0.308 e. The molecule has 0 aliphatic carbocycles. The Morgan fingerprint density at radius 1 is 0.731 bits per heavy atom. The van der Waals surface area contributed by atoms with Gasteiger partial charge in [-0.15, -0.1) is 0 Å². The fourth-order valence-electron chi connectivity index (χ4n) is 3.34. The molecule has 0 aromatic heterocycles. The molecular formula is C23H44O3. The molecule has 0 N–H and O–H groups in total. The zero-order valence-corrected chi connectivity index (χ0v) is 17.6. The Balaban J connectivity index is 4.02. The molecule has 154 valence electrons. The minimum absolute atomic E-state index is 0.0180. The van der Waals surface area contributed by atoms with Gasteiger partial charge in [-0.2, -0.15) is 0 Å². The normalized spacial score (nSPS) is 12.1. The lowest BCUT2D eigenvalue weighted by Gasteiger charge is -2.16. The number of hydrogen-bond donors (Lipinski definition) is 0. The van der Waals surface area contributed by atoms with Crippen LogP contribution in [0, 0.1) is 5.92 Å². The van der Waals surface area contributed by atoms with E-state index in [2.05, 4.69) is 13.8 Å². The van der Waals surface area contributed by atoms with Gasteiger partial charge in [0.05, 0.1) is 12.5 Å². The molecule has 0 fully saturated rings. The molecule has 26 heavy (non-hydrogen) atoms. The molecule has 0 aliphatic rings. The van der Waals surface area contributed by atoms with Gasteiger partial charge in [-0.3, -0.25) is 4.79 Å². The maximum atomic E-state index is 12.4.